The number of hydrogen-bond acceptors (Lipinski definition) is 2. The van der Waals surface area contributed by atoms with Crippen LogP contribution in [0.25, 0.3) is 0 Å². The van der Waals surface area contributed by atoms with Gasteiger partial charge in [0, 0.05) is 8.95 Å². The Morgan fingerprint density at radius 2 is 2.08 bits per heavy atom. The number of rotatable bonds is 2. The number of benzene rings is 1. The van der Waals surface area contributed by atoms with E-state index in [1.165, 1.54) is 0 Å². The van der Waals surface area contributed by atoms with Crippen molar-refractivity contribution in [2.24, 2.45) is 5.73 Å². The Labute approximate surface area is 94.4 Å². The van der Waals surface area contributed by atoms with Gasteiger partial charge in [-0.2, -0.15) is 0 Å². The predicted octanol–water partition coefficient (Wildman–Crippen LogP) is 2.38. The third-order valence-corrected chi connectivity index (χ3v) is 3.06. The lowest BCUT2D eigenvalue weighted by Crippen LogP contribution is -2.37. The fraction of sp³-hybridized carbons (Fsp3) is 0.333. The first-order valence-corrected chi connectivity index (χ1v) is 5.41. The van der Waals surface area contributed by atoms with Crippen LogP contribution in [-0.2, 0) is 5.54 Å². The standard InChI is InChI=1S/C9H11Br2NO/c1-9(12,5-13)7-4-6(10)2-3-8(7)11/h2-4,13H,5,12H2,1H3/t9-/m0/s1. The van der Waals surface area contributed by atoms with Gasteiger partial charge in [-0.25, -0.2) is 0 Å². The molecule has 0 bridgehead atoms. The molecule has 0 aliphatic rings. The van der Waals surface area contributed by atoms with Crippen molar-refractivity contribution in [3.8, 4) is 0 Å². The largest absolute Gasteiger partial charge is 0.394 e. The molecule has 0 spiro atoms. The van der Waals surface area contributed by atoms with E-state index in [2.05, 4.69) is 31.9 Å². The Morgan fingerprint density at radius 3 is 2.62 bits per heavy atom. The molecular weight excluding hydrogens is 298 g/mol. The highest BCUT2D eigenvalue weighted by molar-refractivity contribution is 9.11. The normalized spacial score (nSPS) is 15.5. The Bertz CT molecular complexity index is 312. The molecule has 0 fully saturated rings. The van der Waals surface area contributed by atoms with Crippen LogP contribution in [0.5, 0.6) is 0 Å². The minimum atomic E-state index is -0.706. The van der Waals surface area contributed by atoms with Gasteiger partial charge in [-0.3, -0.25) is 0 Å². The summed E-state index contributed by atoms with van der Waals surface area (Å²) in [4.78, 5) is 0. The van der Waals surface area contributed by atoms with Gasteiger partial charge in [0.25, 0.3) is 0 Å². The number of hydrogen-bond donors (Lipinski definition) is 2. The average Bonchev–Trinajstić information content (AvgIpc) is 2.09. The highest BCUT2D eigenvalue weighted by atomic mass is 79.9. The molecule has 72 valence electrons. The molecule has 0 aliphatic carbocycles. The van der Waals surface area contributed by atoms with E-state index in [4.69, 9.17) is 10.8 Å². The second kappa shape index (κ2) is 4.09. The van der Waals surface area contributed by atoms with E-state index >= 15 is 0 Å². The number of aliphatic hydroxyl groups excluding tert-OH is 1. The Balaban J connectivity index is 3.20. The molecule has 0 unspecified atom stereocenters. The maximum atomic E-state index is 9.10. The van der Waals surface area contributed by atoms with Crippen molar-refractivity contribution in [1.82, 2.24) is 0 Å². The van der Waals surface area contributed by atoms with Crippen LogP contribution in [0.15, 0.2) is 27.1 Å². The lowest BCUT2D eigenvalue weighted by atomic mass is 9.94. The van der Waals surface area contributed by atoms with E-state index in [0.29, 0.717) is 0 Å². The SMILES string of the molecule is C[C@](N)(CO)c1cc(Br)ccc1Br. The molecular formula is C9H11Br2NO. The first kappa shape index (κ1) is 11.2. The van der Waals surface area contributed by atoms with Crippen LogP contribution in [0.4, 0.5) is 0 Å². The summed E-state index contributed by atoms with van der Waals surface area (Å²) in [6.07, 6.45) is 0. The summed E-state index contributed by atoms with van der Waals surface area (Å²) in [6, 6.07) is 5.72. The van der Waals surface area contributed by atoms with Crippen molar-refractivity contribution in [2.45, 2.75) is 12.5 Å². The fourth-order valence-corrected chi connectivity index (χ4v) is 2.08. The Hall–Kier alpha value is 0.1000. The van der Waals surface area contributed by atoms with Crippen molar-refractivity contribution in [3.63, 3.8) is 0 Å². The van der Waals surface area contributed by atoms with Gasteiger partial charge in [0.15, 0.2) is 0 Å². The molecule has 0 saturated heterocycles. The molecule has 4 heteroatoms. The molecule has 0 saturated carbocycles. The van der Waals surface area contributed by atoms with Crippen LogP contribution >= 0.6 is 31.9 Å². The Morgan fingerprint density at radius 1 is 1.46 bits per heavy atom. The van der Waals surface area contributed by atoms with Crippen molar-refractivity contribution in [2.75, 3.05) is 6.61 Å². The Kier molecular flexibility index (Phi) is 3.51. The molecule has 2 nitrogen and oxygen atoms in total. The third-order valence-electron chi connectivity index (χ3n) is 1.87. The maximum Gasteiger partial charge on any atom is 0.0650 e. The van der Waals surface area contributed by atoms with E-state index in [-0.39, 0.29) is 6.61 Å². The average molecular weight is 309 g/mol. The van der Waals surface area contributed by atoms with Crippen LogP contribution in [-0.4, -0.2) is 11.7 Å². The molecule has 0 amide bonds. The van der Waals surface area contributed by atoms with E-state index < -0.39 is 5.54 Å². The summed E-state index contributed by atoms with van der Waals surface area (Å²) in [7, 11) is 0. The van der Waals surface area contributed by atoms with Gasteiger partial charge in [-0.1, -0.05) is 31.9 Å². The quantitative estimate of drug-likeness (QED) is 0.881. The molecule has 0 radical (unpaired) electrons. The second-order valence-electron chi connectivity index (χ2n) is 3.20. The molecule has 0 aromatic heterocycles. The van der Waals surface area contributed by atoms with E-state index in [1.54, 1.807) is 6.92 Å². The smallest absolute Gasteiger partial charge is 0.0650 e. The first-order chi connectivity index (χ1) is 5.97. The number of aliphatic hydroxyl groups is 1. The van der Waals surface area contributed by atoms with Gasteiger partial charge in [0.1, 0.15) is 0 Å². The molecule has 0 heterocycles. The zero-order chi connectivity index (χ0) is 10.1. The summed E-state index contributed by atoms with van der Waals surface area (Å²) in [5, 5.41) is 9.10. The van der Waals surface area contributed by atoms with Gasteiger partial charge in [0.05, 0.1) is 12.1 Å². The highest BCUT2D eigenvalue weighted by Crippen LogP contribution is 2.28. The fourth-order valence-electron chi connectivity index (χ4n) is 1.02. The van der Waals surface area contributed by atoms with Gasteiger partial charge < -0.3 is 10.8 Å². The zero-order valence-electron chi connectivity index (χ0n) is 7.22. The molecule has 1 aromatic carbocycles. The van der Waals surface area contributed by atoms with E-state index in [1.807, 2.05) is 18.2 Å². The van der Waals surface area contributed by atoms with Gasteiger partial charge >= 0.3 is 0 Å². The summed E-state index contributed by atoms with van der Waals surface area (Å²) in [6.45, 7) is 1.71. The molecule has 1 aromatic rings. The monoisotopic (exact) mass is 307 g/mol. The predicted molar refractivity (Wildman–Crippen MR) is 60.5 cm³/mol. The number of halogens is 2. The lowest BCUT2D eigenvalue weighted by Gasteiger charge is -2.23. The van der Waals surface area contributed by atoms with E-state index in [9.17, 15) is 0 Å². The van der Waals surface area contributed by atoms with Crippen molar-refractivity contribution in [3.05, 3.63) is 32.7 Å². The van der Waals surface area contributed by atoms with Crippen LogP contribution in [0.3, 0.4) is 0 Å². The summed E-state index contributed by atoms with van der Waals surface area (Å²) in [5.41, 5.74) is 6.09. The topological polar surface area (TPSA) is 46.2 Å². The molecule has 0 aliphatic heterocycles. The highest BCUT2D eigenvalue weighted by Gasteiger charge is 2.22. The van der Waals surface area contributed by atoms with Crippen LogP contribution < -0.4 is 5.73 Å². The summed E-state index contributed by atoms with van der Waals surface area (Å²) in [5.74, 6) is 0. The maximum absolute atomic E-state index is 9.10. The zero-order valence-corrected chi connectivity index (χ0v) is 10.4. The van der Waals surface area contributed by atoms with Crippen molar-refractivity contribution < 1.29 is 5.11 Å². The van der Waals surface area contributed by atoms with Gasteiger partial charge in [0.2, 0.25) is 0 Å². The number of nitrogens with two attached hydrogens (primary N) is 1. The van der Waals surface area contributed by atoms with Crippen molar-refractivity contribution >= 4 is 31.9 Å². The molecule has 1 atom stereocenters. The van der Waals surface area contributed by atoms with Crippen molar-refractivity contribution in [1.29, 1.82) is 0 Å². The third kappa shape index (κ3) is 2.53. The van der Waals surface area contributed by atoms with Gasteiger partial charge in [-0.15, -0.1) is 0 Å². The van der Waals surface area contributed by atoms with Crippen LogP contribution in [0.1, 0.15) is 12.5 Å². The van der Waals surface area contributed by atoms with Crippen LogP contribution in [0, 0.1) is 0 Å². The van der Waals surface area contributed by atoms with Gasteiger partial charge in [-0.05, 0) is 30.7 Å². The minimum absolute atomic E-state index is 0.0813. The second-order valence-corrected chi connectivity index (χ2v) is 4.97. The minimum Gasteiger partial charge on any atom is -0.394 e. The summed E-state index contributed by atoms with van der Waals surface area (Å²) >= 11 is 6.76. The molecule has 13 heavy (non-hydrogen) atoms. The molecule has 1 rings (SSSR count). The summed E-state index contributed by atoms with van der Waals surface area (Å²) < 4.78 is 1.87. The molecule has 3 N–H and O–H groups in total. The lowest BCUT2D eigenvalue weighted by molar-refractivity contribution is 0.209. The van der Waals surface area contributed by atoms with E-state index in [0.717, 1.165) is 14.5 Å². The van der Waals surface area contributed by atoms with Crippen LogP contribution in [0.2, 0.25) is 0 Å². The first-order valence-electron chi connectivity index (χ1n) is 3.82.